The van der Waals surface area contributed by atoms with Crippen LogP contribution in [0.3, 0.4) is 0 Å². The third-order valence-corrected chi connectivity index (χ3v) is 6.58. The molecule has 0 fully saturated rings. The van der Waals surface area contributed by atoms with Crippen molar-refractivity contribution in [2.75, 3.05) is 7.11 Å². The van der Waals surface area contributed by atoms with E-state index in [-0.39, 0.29) is 28.9 Å². The van der Waals surface area contributed by atoms with Crippen molar-refractivity contribution in [1.29, 1.82) is 0 Å². The fourth-order valence-corrected chi connectivity index (χ4v) is 4.86. The summed E-state index contributed by atoms with van der Waals surface area (Å²) in [4.78, 5) is 42.8. The number of non-ortho nitro benzene ring substituents is 1. The highest BCUT2D eigenvalue weighted by Crippen LogP contribution is 2.27. The minimum atomic E-state index is -0.498. The molecule has 0 unspecified atom stereocenters. The van der Waals surface area contributed by atoms with Gasteiger partial charge in [-0.1, -0.05) is 36.4 Å². The van der Waals surface area contributed by atoms with Gasteiger partial charge < -0.3 is 4.74 Å². The maximum atomic E-state index is 13.7. The number of hydrogen-bond acceptors (Lipinski definition) is 7. The van der Waals surface area contributed by atoms with Gasteiger partial charge in [0, 0.05) is 27.8 Å². The van der Waals surface area contributed by atoms with Crippen molar-refractivity contribution in [3.8, 4) is 17.1 Å². The zero-order valence-corrected chi connectivity index (χ0v) is 18.7. The second-order valence-electron chi connectivity index (χ2n) is 7.59. The Balaban J connectivity index is 1.82. The van der Waals surface area contributed by atoms with Crippen molar-refractivity contribution in [2.24, 2.45) is 0 Å². The van der Waals surface area contributed by atoms with Crippen LogP contribution in [0.15, 0.2) is 82.4 Å². The van der Waals surface area contributed by atoms with Gasteiger partial charge >= 0.3 is 0 Å². The molecule has 34 heavy (non-hydrogen) atoms. The van der Waals surface area contributed by atoms with Crippen molar-refractivity contribution < 1.29 is 9.66 Å². The van der Waals surface area contributed by atoms with Crippen molar-refractivity contribution in [1.82, 2.24) is 9.55 Å². The van der Waals surface area contributed by atoms with Crippen LogP contribution in [-0.2, 0) is 6.54 Å². The van der Waals surface area contributed by atoms with Crippen LogP contribution in [0.5, 0.6) is 5.75 Å². The molecule has 0 aliphatic carbocycles. The lowest BCUT2D eigenvalue weighted by atomic mass is 10.1. The molecule has 0 N–H and O–H groups in total. The van der Waals surface area contributed by atoms with E-state index in [0.717, 1.165) is 5.56 Å². The van der Waals surface area contributed by atoms with E-state index < -0.39 is 10.5 Å². The van der Waals surface area contributed by atoms with E-state index in [4.69, 9.17) is 4.74 Å². The van der Waals surface area contributed by atoms with E-state index in [1.165, 1.54) is 28.0 Å². The van der Waals surface area contributed by atoms with E-state index in [1.54, 1.807) is 49.6 Å². The lowest BCUT2D eigenvalue weighted by Gasteiger charge is -2.14. The second-order valence-corrected chi connectivity index (χ2v) is 8.62. The molecule has 2 aromatic heterocycles. The van der Waals surface area contributed by atoms with Crippen molar-refractivity contribution >= 4 is 37.3 Å². The number of rotatable bonds is 5. The van der Waals surface area contributed by atoms with Gasteiger partial charge in [0.05, 0.1) is 18.6 Å². The monoisotopic (exact) mass is 471 g/mol. The summed E-state index contributed by atoms with van der Waals surface area (Å²) in [5.41, 5.74) is 0.210. The fourth-order valence-electron chi connectivity index (χ4n) is 3.82. The maximum absolute atomic E-state index is 13.7. The summed E-state index contributed by atoms with van der Waals surface area (Å²) in [5.74, 6) is 0.921. The molecule has 0 radical (unpaired) electrons. The van der Waals surface area contributed by atoms with E-state index in [2.05, 4.69) is 4.98 Å². The number of nitro groups is 1. The first-order chi connectivity index (χ1) is 16.5. The molecule has 9 heteroatoms. The van der Waals surface area contributed by atoms with Crippen LogP contribution >= 0.6 is 11.3 Å². The zero-order valence-electron chi connectivity index (χ0n) is 17.9. The summed E-state index contributed by atoms with van der Waals surface area (Å²) in [6.07, 6.45) is 0. The summed E-state index contributed by atoms with van der Waals surface area (Å²) in [7, 11) is 1.56. The van der Waals surface area contributed by atoms with Gasteiger partial charge in [-0.25, -0.2) is 4.98 Å². The molecule has 2 heterocycles. The van der Waals surface area contributed by atoms with Crippen LogP contribution in [-0.4, -0.2) is 21.6 Å². The Labute approximate surface area is 196 Å². The summed E-state index contributed by atoms with van der Waals surface area (Å²) in [6.45, 7) is 0.126. The number of aromatic nitrogens is 2. The molecule has 0 amide bonds. The molecule has 0 atom stereocenters. The largest absolute Gasteiger partial charge is 0.497 e. The quantitative estimate of drug-likeness (QED) is 0.211. The van der Waals surface area contributed by atoms with Gasteiger partial charge in [-0.05, 0) is 29.8 Å². The van der Waals surface area contributed by atoms with Crippen molar-refractivity contribution in [2.45, 2.75) is 6.54 Å². The summed E-state index contributed by atoms with van der Waals surface area (Å²) in [5, 5.41) is 11.8. The zero-order chi connectivity index (χ0) is 23.8. The minimum Gasteiger partial charge on any atom is -0.497 e. The number of benzene rings is 3. The van der Waals surface area contributed by atoms with Gasteiger partial charge in [0.1, 0.15) is 21.8 Å². The Morgan fingerprint density at radius 3 is 2.53 bits per heavy atom. The maximum Gasteiger partial charge on any atom is 0.270 e. The van der Waals surface area contributed by atoms with Gasteiger partial charge in [0.2, 0.25) is 5.43 Å². The number of ether oxygens (including phenoxy) is 1. The number of nitro benzene ring substituents is 1. The number of nitrogens with zero attached hydrogens (tertiary/aromatic N) is 3. The van der Waals surface area contributed by atoms with Crippen LogP contribution in [0.1, 0.15) is 5.56 Å². The predicted molar refractivity (Wildman–Crippen MR) is 132 cm³/mol. The average molecular weight is 471 g/mol. The molecule has 8 nitrogen and oxygen atoms in total. The highest BCUT2D eigenvalue weighted by atomic mass is 32.1. The van der Waals surface area contributed by atoms with Crippen LogP contribution in [0, 0.1) is 10.1 Å². The Morgan fingerprint density at radius 2 is 1.79 bits per heavy atom. The molecule has 0 aliphatic rings. The SMILES string of the molecule is COc1ccc(Cn2c(-c3cccc([N+](=O)[O-])c3)nc3sc4ccccc4c(=O)c3c2=O)cc1. The van der Waals surface area contributed by atoms with Crippen LogP contribution in [0.2, 0.25) is 0 Å². The molecule has 0 aliphatic heterocycles. The standard InChI is InChI=1S/C25H17N3O5S/c1-33-18-11-9-15(10-12-18)14-27-23(16-5-4-6-17(13-16)28(31)32)26-24-21(25(27)30)22(29)19-7-2-3-8-20(19)34-24/h2-13H,14H2,1H3. The molecule has 168 valence electrons. The van der Waals surface area contributed by atoms with E-state index in [1.807, 2.05) is 18.2 Å². The molecule has 0 saturated carbocycles. The highest BCUT2D eigenvalue weighted by molar-refractivity contribution is 7.24. The molecule has 0 bridgehead atoms. The van der Waals surface area contributed by atoms with Crippen LogP contribution in [0.25, 0.3) is 31.7 Å². The number of methoxy groups -OCH3 is 1. The predicted octanol–water partition coefficient (Wildman–Crippen LogP) is 4.60. The first-order valence-corrected chi connectivity index (χ1v) is 11.1. The Kier molecular flexibility index (Phi) is 5.39. The van der Waals surface area contributed by atoms with Gasteiger partial charge in [-0.2, -0.15) is 0 Å². The Bertz CT molecular complexity index is 1690. The van der Waals surface area contributed by atoms with Crippen molar-refractivity contribution in [3.05, 3.63) is 109 Å². The fraction of sp³-hybridized carbons (Fsp3) is 0.0800. The van der Waals surface area contributed by atoms with Crippen LogP contribution in [0.4, 0.5) is 5.69 Å². The van der Waals surface area contributed by atoms with E-state index >= 15 is 0 Å². The smallest absolute Gasteiger partial charge is 0.270 e. The summed E-state index contributed by atoms with van der Waals surface area (Å²) < 4.78 is 7.31. The molecule has 5 rings (SSSR count). The van der Waals surface area contributed by atoms with Gasteiger partial charge in [0.25, 0.3) is 11.2 Å². The summed E-state index contributed by atoms with van der Waals surface area (Å²) >= 11 is 1.24. The van der Waals surface area contributed by atoms with Crippen molar-refractivity contribution in [3.63, 3.8) is 0 Å². The summed E-state index contributed by atoms with van der Waals surface area (Å²) in [6, 6.07) is 20.2. The lowest BCUT2D eigenvalue weighted by molar-refractivity contribution is -0.384. The molecular weight excluding hydrogens is 454 g/mol. The van der Waals surface area contributed by atoms with Crippen LogP contribution < -0.4 is 15.7 Å². The Hall–Kier alpha value is -4.37. The molecule has 0 spiro atoms. The average Bonchev–Trinajstić information content (AvgIpc) is 2.86. The second kappa shape index (κ2) is 8.53. The normalized spacial score (nSPS) is 11.1. The molecule has 5 aromatic rings. The lowest BCUT2D eigenvalue weighted by Crippen LogP contribution is -2.27. The van der Waals surface area contributed by atoms with Gasteiger partial charge in [-0.15, -0.1) is 11.3 Å². The third kappa shape index (κ3) is 3.71. The number of fused-ring (bicyclic) bond motifs is 2. The molecule has 3 aromatic carbocycles. The highest BCUT2D eigenvalue weighted by Gasteiger charge is 2.19. The topological polar surface area (TPSA) is 104 Å². The molecular formula is C25H17N3O5S. The third-order valence-electron chi connectivity index (χ3n) is 5.52. The first kappa shape index (κ1) is 21.5. The number of hydrogen-bond donors (Lipinski definition) is 0. The first-order valence-electron chi connectivity index (χ1n) is 10.3. The Morgan fingerprint density at radius 1 is 1.03 bits per heavy atom. The van der Waals surface area contributed by atoms with Gasteiger partial charge in [-0.3, -0.25) is 24.3 Å². The van der Waals surface area contributed by atoms with E-state index in [9.17, 15) is 19.7 Å². The van der Waals surface area contributed by atoms with Gasteiger partial charge in [0.15, 0.2) is 0 Å². The molecule has 0 saturated heterocycles. The van der Waals surface area contributed by atoms with E-state index in [0.29, 0.717) is 26.2 Å². The minimum absolute atomic E-state index is 0.00592.